The number of alkyl halides is 4. The van der Waals surface area contributed by atoms with Gasteiger partial charge in [-0.15, -0.1) is 11.6 Å². The van der Waals surface area contributed by atoms with Crippen LogP contribution in [0, 0.1) is 0 Å². The van der Waals surface area contributed by atoms with Crippen LogP contribution in [-0.4, -0.2) is 46.0 Å². The molecule has 1 unspecified atom stereocenters. The minimum Gasteiger partial charge on any atom is -0.314 e. The topological polar surface area (TPSA) is 50.2 Å². The molecule has 1 saturated heterocycles. The molecule has 1 atom stereocenters. The molecule has 1 aromatic carbocycles. The minimum absolute atomic E-state index is 0.0473. The Balaban J connectivity index is 2.16. The SMILES string of the molecule is CC(Cl)Cn1cnc2c(Cl)c(CN3CCNCC3)c(C(F)(F)F)cc2c1=O. The summed E-state index contributed by atoms with van der Waals surface area (Å²) in [6.45, 7) is 4.52. The number of benzene rings is 1. The van der Waals surface area contributed by atoms with Crippen molar-refractivity contribution in [2.45, 2.75) is 31.6 Å². The van der Waals surface area contributed by atoms with Gasteiger partial charge in [0.2, 0.25) is 0 Å². The zero-order chi connectivity index (χ0) is 19.8. The summed E-state index contributed by atoms with van der Waals surface area (Å²) in [7, 11) is 0. The van der Waals surface area contributed by atoms with Crippen LogP contribution in [0.5, 0.6) is 0 Å². The van der Waals surface area contributed by atoms with Crippen LogP contribution >= 0.6 is 23.2 Å². The molecule has 0 aliphatic carbocycles. The maximum Gasteiger partial charge on any atom is 0.416 e. The summed E-state index contributed by atoms with van der Waals surface area (Å²) >= 11 is 12.2. The molecule has 0 spiro atoms. The summed E-state index contributed by atoms with van der Waals surface area (Å²) in [5.74, 6) is 0. The second-order valence-electron chi connectivity index (χ2n) is 6.62. The lowest BCUT2D eigenvalue weighted by atomic mass is 10.0. The lowest BCUT2D eigenvalue weighted by Crippen LogP contribution is -2.43. The first-order valence-electron chi connectivity index (χ1n) is 8.53. The van der Waals surface area contributed by atoms with E-state index in [0.717, 1.165) is 6.07 Å². The van der Waals surface area contributed by atoms with Crippen molar-refractivity contribution in [2.24, 2.45) is 0 Å². The highest BCUT2D eigenvalue weighted by Crippen LogP contribution is 2.38. The van der Waals surface area contributed by atoms with E-state index in [4.69, 9.17) is 23.2 Å². The summed E-state index contributed by atoms with van der Waals surface area (Å²) in [4.78, 5) is 18.7. The van der Waals surface area contributed by atoms with Crippen molar-refractivity contribution >= 4 is 34.1 Å². The van der Waals surface area contributed by atoms with Gasteiger partial charge in [-0.25, -0.2) is 4.98 Å². The van der Waals surface area contributed by atoms with Crippen LogP contribution in [0.1, 0.15) is 18.1 Å². The standard InChI is InChI=1S/C17H19Cl2F3N4O/c1-10(18)7-26-9-24-15-11(16(26)27)6-13(17(20,21)22)12(14(15)19)8-25-4-2-23-3-5-25/h6,9-10,23H,2-5,7-8H2,1H3. The first kappa shape index (κ1) is 20.4. The number of halogens is 5. The van der Waals surface area contributed by atoms with E-state index in [-0.39, 0.29) is 40.0 Å². The number of hydrogen-bond donors (Lipinski definition) is 1. The van der Waals surface area contributed by atoms with Gasteiger partial charge in [0.05, 0.1) is 27.8 Å². The quantitative estimate of drug-likeness (QED) is 0.769. The molecule has 1 N–H and O–H groups in total. The third-order valence-corrected chi connectivity index (χ3v) is 5.05. The molecule has 2 aromatic rings. The second-order valence-corrected chi connectivity index (χ2v) is 7.74. The molecule has 1 fully saturated rings. The van der Waals surface area contributed by atoms with Crippen molar-refractivity contribution in [3.8, 4) is 0 Å². The molecule has 148 valence electrons. The normalized spacial score (nSPS) is 17.4. The Labute approximate surface area is 164 Å². The van der Waals surface area contributed by atoms with Crippen LogP contribution in [0.4, 0.5) is 13.2 Å². The maximum absolute atomic E-state index is 13.7. The largest absolute Gasteiger partial charge is 0.416 e. The molecule has 27 heavy (non-hydrogen) atoms. The third kappa shape index (κ3) is 4.39. The molecular formula is C17H19Cl2F3N4O. The van der Waals surface area contributed by atoms with Crippen LogP contribution < -0.4 is 10.9 Å². The summed E-state index contributed by atoms with van der Waals surface area (Å²) in [6, 6.07) is 0.865. The lowest BCUT2D eigenvalue weighted by molar-refractivity contribution is -0.138. The van der Waals surface area contributed by atoms with Crippen molar-refractivity contribution in [3.05, 3.63) is 38.9 Å². The van der Waals surface area contributed by atoms with Crippen LogP contribution in [0.3, 0.4) is 0 Å². The monoisotopic (exact) mass is 422 g/mol. The van der Waals surface area contributed by atoms with Gasteiger partial charge in [-0.3, -0.25) is 14.3 Å². The highest BCUT2D eigenvalue weighted by Gasteiger charge is 2.36. The van der Waals surface area contributed by atoms with Crippen molar-refractivity contribution < 1.29 is 13.2 Å². The van der Waals surface area contributed by atoms with Crippen LogP contribution in [-0.2, 0) is 19.3 Å². The van der Waals surface area contributed by atoms with E-state index >= 15 is 0 Å². The van der Waals surface area contributed by atoms with E-state index in [2.05, 4.69) is 10.3 Å². The fourth-order valence-electron chi connectivity index (χ4n) is 3.20. The highest BCUT2D eigenvalue weighted by atomic mass is 35.5. The van der Waals surface area contributed by atoms with E-state index < -0.39 is 17.3 Å². The maximum atomic E-state index is 13.7. The molecule has 1 aromatic heterocycles. The van der Waals surface area contributed by atoms with E-state index in [1.165, 1.54) is 10.9 Å². The van der Waals surface area contributed by atoms with Gasteiger partial charge in [-0.05, 0) is 18.6 Å². The molecule has 3 rings (SSSR count). The summed E-state index contributed by atoms with van der Waals surface area (Å²) in [6.07, 6.45) is -3.36. The van der Waals surface area contributed by atoms with Crippen molar-refractivity contribution in [1.82, 2.24) is 19.8 Å². The second kappa shape index (κ2) is 7.95. The Hall–Kier alpha value is -1.35. The Morgan fingerprint density at radius 3 is 2.59 bits per heavy atom. The number of hydrogen-bond acceptors (Lipinski definition) is 4. The third-order valence-electron chi connectivity index (χ3n) is 4.50. The zero-order valence-electron chi connectivity index (χ0n) is 14.6. The van der Waals surface area contributed by atoms with Gasteiger partial charge in [0.15, 0.2) is 0 Å². The van der Waals surface area contributed by atoms with Gasteiger partial charge in [-0.2, -0.15) is 13.2 Å². The van der Waals surface area contributed by atoms with Gasteiger partial charge in [0.25, 0.3) is 5.56 Å². The van der Waals surface area contributed by atoms with Crippen LogP contribution in [0.15, 0.2) is 17.2 Å². The molecule has 0 amide bonds. The molecule has 0 bridgehead atoms. The number of nitrogens with zero attached hydrogens (tertiary/aromatic N) is 3. The van der Waals surface area contributed by atoms with E-state index in [1.54, 1.807) is 6.92 Å². The highest BCUT2D eigenvalue weighted by molar-refractivity contribution is 6.36. The molecule has 5 nitrogen and oxygen atoms in total. The van der Waals surface area contributed by atoms with Crippen LogP contribution in [0.2, 0.25) is 5.02 Å². The molecule has 1 aliphatic rings. The number of piperazine rings is 1. The van der Waals surface area contributed by atoms with Crippen molar-refractivity contribution in [3.63, 3.8) is 0 Å². The fraction of sp³-hybridized carbons (Fsp3) is 0.529. The van der Waals surface area contributed by atoms with E-state index in [1.807, 2.05) is 4.90 Å². The summed E-state index contributed by atoms with van der Waals surface area (Å²) < 4.78 is 42.3. The Morgan fingerprint density at radius 1 is 1.33 bits per heavy atom. The van der Waals surface area contributed by atoms with E-state index in [9.17, 15) is 18.0 Å². The number of rotatable bonds is 4. The van der Waals surface area contributed by atoms with E-state index in [0.29, 0.717) is 26.2 Å². The smallest absolute Gasteiger partial charge is 0.314 e. The van der Waals surface area contributed by atoms with Gasteiger partial charge in [0.1, 0.15) is 0 Å². The van der Waals surface area contributed by atoms with Gasteiger partial charge < -0.3 is 5.32 Å². The van der Waals surface area contributed by atoms with Gasteiger partial charge >= 0.3 is 6.18 Å². The summed E-state index contributed by atoms with van der Waals surface area (Å²) in [5.41, 5.74) is -1.45. The minimum atomic E-state index is -4.63. The number of nitrogens with one attached hydrogen (secondary N) is 1. The first-order chi connectivity index (χ1) is 12.7. The number of fused-ring (bicyclic) bond motifs is 1. The van der Waals surface area contributed by atoms with Gasteiger partial charge in [-0.1, -0.05) is 11.6 Å². The molecule has 2 heterocycles. The van der Waals surface area contributed by atoms with Crippen molar-refractivity contribution in [1.29, 1.82) is 0 Å². The lowest BCUT2D eigenvalue weighted by Gasteiger charge is -2.29. The number of aromatic nitrogens is 2. The van der Waals surface area contributed by atoms with Crippen molar-refractivity contribution in [2.75, 3.05) is 26.2 Å². The first-order valence-corrected chi connectivity index (χ1v) is 9.34. The Morgan fingerprint density at radius 2 is 2.00 bits per heavy atom. The fourth-order valence-corrected chi connectivity index (χ4v) is 3.67. The molecule has 1 aliphatic heterocycles. The molecule has 0 radical (unpaired) electrons. The Kier molecular flexibility index (Phi) is 6.00. The zero-order valence-corrected chi connectivity index (χ0v) is 16.1. The molecular weight excluding hydrogens is 404 g/mol. The predicted molar refractivity (Wildman–Crippen MR) is 99.5 cm³/mol. The average molecular weight is 423 g/mol. The predicted octanol–water partition coefficient (Wildman–Crippen LogP) is 3.10. The molecule has 10 heteroatoms. The summed E-state index contributed by atoms with van der Waals surface area (Å²) in [5, 5.41) is 2.51. The average Bonchev–Trinajstić information content (AvgIpc) is 2.59. The van der Waals surface area contributed by atoms with Gasteiger partial charge in [0, 0.05) is 44.6 Å². The van der Waals surface area contributed by atoms with Crippen LogP contribution in [0.25, 0.3) is 10.9 Å². The Bertz CT molecular complexity index is 892. The molecule has 0 saturated carbocycles.